The standard InChI is InChI=1S/C12H6F21O2Si/c1-34-36(35-2)12(32,33)10(27,28)8(23,24)6(19,20)4(15,16)3(13,14)5(17,18)7(21,22)9(25,26)11(29,30)31/h1-2H3. The van der Waals surface area contributed by atoms with Gasteiger partial charge in [-0.15, -0.1) is 0 Å². The molecule has 0 bridgehead atoms. The fraction of sp³-hybridized carbons (Fsp3) is 1.00. The molecule has 0 N–H and O–H groups in total. The van der Waals surface area contributed by atoms with E-state index in [0.717, 1.165) is 0 Å². The maximum Gasteiger partial charge on any atom is 0.472 e. The number of alkyl halides is 21. The van der Waals surface area contributed by atoms with E-state index in [1.165, 1.54) is 0 Å². The van der Waals surface area contributed by atoms with Crippen LogP contribution in [0, 0.1) is 0 Å². The van der Waals surface area contributed by atoms with Gasteiger partial charge in [0.2, 0.25) is 0 Å². The van der Waals surface area contributed by atoms with Gasteiger partial charge in [-0.1, -0.05) is 0 Å². The third kappa shape index (κ3) is 4.07. The minimum absolute atomic E-state index is 0.0513. The monoisotopic (exact) mass is 609 g/mol. The highest BCUT2D eigenvalue weighted by Crippen LogP contribution is 2.66. The van der Waals surface area contributed by atoms with Crippen molar-refractivity contribution >= 4 is 9.28 Å². The van der Waals surface area contributed by atoms with E-state index < -0.39 is 68.4 Å². The predicted octanol–water partition coefficient (Wildman–Crippen LogP) is 6.59. The maximum atomic E-state index is 13.6. The van der Waals surface area contributed by atoms with E-state index in [0.29, 0.717) is 0 Å². The molecule has 1 radical (unpaired) electrons. The van der Waals surface area contributed by atoms with Gasteiger partial charge in [-0.3, -0.25) is 0 Å². The first-order valence-corrected chi connectivity index (χ1v) is 9.01. The summed E-state index contributed by atoms with van der Waals surface area (Å²) in [4.78, 5) is 0. The highest BCUT2D eigenvalue weighted by molar-refractivity contribution is 6.48. The van der Waals surface area contributed by atoms with Crippen LogP contribution >= 0.6 is 0 Å². The quantitative estimate of drug-likeness (QED) is 0.195. The van der Waals surface area contributed by atoms with Crippen LogP contribution in [0.15, 0.2) is 0 Å². The van der Waals surface area contributed by atoms with Crippen LogP contribution in [0.1, 0.15) is 0 Å². The molecular formula is C12H6F21O2Si. The zero-order valence-electron chi connectivity index (χ0n) is 16.3. The van der Waals surface area contributed by atoms with Crippen molar-refractivity contribution in [2.75, 3.05) is 14.2 Å². The van der Waals surface area contributed by atoms with Crippen molar-refractivity contribution in [1.82, 2.24) is 0 Å². The molecule has 0 aliphatic heterocycles. The van der Waals surface area contributed by atoms with E-state index in [2.05, 4.69) is 8.85 Å². The van der Waals surface area contributed by atoms with E-state index in [4.69, 9.17) is 0 Å². The molecule has 24 heteroatoms. The minimum Gasteiger partial charge on any atom is -0.393 e. The molecule has 0 aliphatic rings. The van der Waals surface area contributed by atoms with Crippen LogP contribution in [0.4, 0.5) is 92.2 Å². The summed E-state index contributed by atoms with van der Waals surface area (Å²) in [5.41, 5.74) is -6.85. The molecule has 0 aromatic carbocycles. The lowest BCUT2D eigenvalue weighted by molar-refractivity contribution is -0.472. The van der Waals surface area contributed by atoms with Crippen molar-refractivity contribution in [2.24, 2.45) is 0 Å². The van der Waals surface area contributed by atoms with Crippen molar-refractivity contribution in [3.63, 3.8) is 0 Å². The molecule has 0 aliphatic carbocycles. The SMILES string of the molecule is CO[Si](OC)C(F)(F)C(F)(F)C(F)(F)C(F)(F)C(F)(F)C(F)(F)C(F)(F)C(F)(F)C(F)(F)C(F)(F)F. The number of hydrogen-bond donors (Lipinski definition) is 0. The average Bonchev–Trinajstić information content (AvgIpc) is 2.66. The van der Waals surface area contributed by atoms with E-state index in [1.807, 2.05) is 0 Å². The smallest absolute Gasteiger partial charge is 0.393 e. The third-order valence-corrected chi connectivity index (χ3v) is 5.71. The first-order chi connectivity index (χ1) is 15.3. The first kappa shape index (κ1) is 34.7. The molecular weight excluding hydrogens is 603 g/mol. The Balaban J connectivity index is 7.11. The van der Waals surface area contributed by atoms with E-state index in [-0.39, 0.29) is 14.2 Å². The van der Waals surface area contributed by atoms with Gasteiger partial charge in [0.15, 0.2) is 0 Å². The van der Waals surface area contributed by atoms with Crippen LogP contribution in [0.2, 0.25) is 0 Å². The number of rotatable bonds is 11. The molecule has 0 atom stereocenters. The van der Waals surface area contributed by atoms with Crippen LogP contribution in [-0.4, -0.2) is 82.6 Å². The highest BCUT2D eigenvalue weighted by Gasteiger charge is 2.98. The molecule has 0 amide bonds. The molecule has 36 heavy (non-hydrogen) atoms. The van der Waals surface area contributed by atoms with Crippen molar-refractivity contribution in [1.29, 1.82) is 0 Å². The summed E-state index contributed by atoms with van der Waals surface area (Å²) in [5, 5.41) is 0. The zero-order chi connectivity index (χ0) is 30.0. The highest BCUT2D eigenvalue weighted by atomic mass is 28.3. The zero-order valence-corrected chi connectivity index (χ0v) is 17.3. The summed E-state index contributed by atoms with van der Waals surface area (Å²) in [6.45, 7) is 0. The van der Waals surface area contributed by atoms with Gasteiger partial charge in [-0.25, -0.2) is 0 Å². The summed E-state index contributed by atoms with van der Waals surface area (Å²) in [5.74, 6) is -70.5. The summed E-state index contributed by atoms with van der Waals surface area (Å²) in [7, 11) is -5.39. The molecule has 0 fully saturated rings. The summed E-state index contributed by atoms with van der Waals surface area (Å²) < 4.78 is 283. The molecule has 0 aromatic heterocycles. The van der Waals surface area contributed by atoms with Crippen LogP contribution in [0.3, 0.4) is 0 Å². The molecule has 0 saturated carbocycles. The summed E-state index contributed by atoms with van der Waals surface area (Å²) in [6, 6.07) is 0. The van der Waals surface area contributed by atoms with Gasteiger partial charge in [0.05, 0.1) is 0 Å². The molecule has 0 aromatic rings. The largest absolute Gasteiger partial charge is 0.472 e. The molecule has 217 valence electrons. The molecule has 2 nitrogen and oxygen atoms in total. The number of halogens is 21. The lowest BCUT2D eigenvalue weighted by Crippen LogP contribution is -2.77. The van der Waals surface area contributed by atoms with Crippen molar-refractivity contribution in [2.45, 2.75) is 59.1 Å². The summed E-state index contributed by atoms with van der Waals surface area (Å²) >= 11 is 0. The van der Waals surface area contributed by atoms with Crippen LogP contribution in [0.25, 0.3) is 0 Å². The first-order valence-electron chi connectivity index (χ1n) is 7.69. The molecule has 0 spiro atoms. The Morgan fingerprint density at radius 3 is 0.722 bits per heavy atom. The molecule has 0 saturated heterocycles. The van der Waals surface area contributed by atoms with Gasteiger partial charge in [-0.05, 0) is 0 Å². The Morgan fingerprint density at radius 2 is 0.528 bits per heavy atom. The fourth-order valence-electron chi connectivity index (χ4n) is 2.03. The van der Waals surface area contributed by atoms with Gasteiger partial charge in [0, 0.05) is 14.2 Å². The van der Waals surface area contributed by atoms with Crippen molar-refractivity contribution < 1.29 is 101 Å². The van der Waals surface area contributed by atoms with Crippen molar-refractivity contribution in [3.05, 3.63) is 0 Å². The average molecular weight is 609 g/mol. The second-order valence-electron chi connectivity index (χ2n) is 6.36. The van der Waals surface area contributed by atoms with Gasteiger partial charge < -0.3 is 8.85 Å². The Hall–Kier alpha value is -1.33. The predicted molar refractivity (Wildman–Crippen MR) is 70.3 cm³/mol. The summed E-state index contributed by atoms with van der Waals surface area (Å²) in [6.07, 6.45) is -8.01. The van der Waals surface area contributed by atoms with Crippen molar-refractivity contribution in [3.8, 4) is 0 Å². The van der Waals surface area contributed by atoms with Gasteiger partial charge in [-0.2, -0.15) is 92.2 Å². The van der Waals surface area contributed by atoms with Gasteiger partial charge in [0.1, 0.15) is 0 Å². The van der Waals surface area contributed by atoms with E-state index in [1.54, 1.807) is 0 Å². The second kappa shape index (κ2) is 8.86. The fourth-order valence-corrected chi connectivity index (χ4v) is 3.12. The topological polar surface area (TPSA) is 18.5 Å². The number of hydrogen-bond acceptors (Lipinski definition) is 2. The Labute approximate surface area is 185 Å². The lowest BCUT2D eigenvalue weighted by atomic mass is 9.87. The Kier molecular flexibility index (Phi) is 8.53. The molecule has 0 rings (SSSR count). The van der Waals surface area contributed by atoms with Crippen LogP contribution in [-0.2, 0) is 8.85 Å². The lowest BCUT2D eigenvalue weighted by Gasteiger charge is -2.44. The third-order valence-electron chi connectivity index (χ3n) is 4.14. The second-order valence-corrected chi connectivity index (χ2v) is 8.38. The Morgan fingerprint density at radius 1 is 0.333 bits per heavy atom. The Bertz CT molecular complexity index is 782. The van der Waals surface area contributed by atoms with E-state index in [9.17, 15) is 92.2 Å². The molecule has 0 unspecified atom stereocenters. The minimum atomic E-state index is -9.19. The van der Waals surface area contributed by atoms with Crippen LogP contribution in [0.5, 0.6) is 0 Å². The van der Waals surface area contributed by atoms with Crippen LogP contribution < -0.4 is 0 Å². The van der Waals surface area contributed by atoms with Gasteiger partial charge in [0.25, 0.3) is 0 Å². The van der Waals surface area contributed by atoms with E-state index >= 15 is 0 Å². The van der Waals surface area contributed by atoms with Gasteiger partial charge >= 0.3 is 68.4 Å². The maximum absolute atomic E-state index is 13.6. The normalized spacial score (nSPS) is 16.7. The molecule has 0 heterocycles.